The number of carbonyl (C=O) groups excluding carboxylic acids is 1. The minimum atomic E-state index is -0.597. The zero-order valence-electron chi connectivity index (χ0n) is 7.83. The van der Waals surface area contributed by atoms with E-state index >= 15 is 0 Å². The second-order valence-corrected chi connectivity index (χ2v) is 2.74. The number of hydrogen-bond acceptors (Lipinski definition) is 3. The summed E-state index contributed by atoms with van der Waals surface area (Å²) in [6, 6.07) is 3.18. The number of methoxy groups -OCH3 is 1. The van der Waals surface area contributed by atoms with E-state index in [0.29, 0.717) is 0 Å². The molecule has 0 aliphatic carbocycles. The maximum Gasteiger partial charge on any atom is 0.343 e. The Hall–Kier alpha value is -1.58. The highest BCUT2D eigenvalue weighted by atomic mass is 16.5. The summed E-state index contributed by atoms with van der Waals surface area (Å²) in [6.45, 7) is 1.79. The first-order valence-corrected chi connectivity index (χ1v) is 3.83. The summed E-state index contributed by atoms with van der Waals surface area (Å²) >= 11 is 0. The fourth-order valence-electron chi connectivity index (χ4n) is 0.993. The van der Waals surface area contributed by atoms with Crippen molar-refractivity contribution in [3.8, 4) is 0 Å². The summed E-state index contributed by atoms with van der Waals surface area (Å²) in [5.74, 6) is -0.597. The molecule has 0 unspecified atom stereocenters. The van der Waals surface area contributed by atoms with Gasteiger partial charge in [-0.2, -0.15) is 0 Å². The molecule has 0 aromatic carbocycles. The number of esters is 1. The smallest absolute Gasteiger partial charge is 0.343 e. The van der Waals surface area contributed by atoms with Gasteiger partial charge in [-0.25, -0.2) is 4.79 Å². The summed E-state index contributed by atoms with van der Waals surface area (Å²) in [7, 11) is 2.87. The van der Waals surface area contributed by atoms with Gasteiger partial charge in [-0.1, -0.05) is 0 Å². The predicted molar refractivity (Wildman–Crippen MR) is 47.8 cm³/mol. The fraction of sp³-hybridized carbons (Fsp3) is 0.333. The monoisotopic (exact) mass is 181 g/mol. The van der Waals surface area contributed by atoms with Gasteiger partial charge in [0.1, 0.15) is 5.56 Å². The highest BCUT2D eigenvalue weighted by Crippen LogP contribution is 1.97. The van der Waals surface area contributed by atoms with Crippen LogP contribution in [0.1, 0.15) is 16.1 Å². The van der Waals surface area contributed by atoms with Crippen LogP contribution < -0.4 is 5.56 Å². The molecule has 0 radical (unpaired) electrons. The maximum absolute atomic E-state index is 11.5. The van der Waals surface area contributed by atoms with E-state index in [1.165, 1.54) is 17.7 Å². The quantitative estimate of drug-likeness (QED) is 0.592. The Morgan fingerprint density at radius 3 is 2.62 bits per heavy atom. The third kappa shape index (κ3) is 1.61. The summed E-state index contributed by atoms with van der Waals surface area (Å²) in [5, 5.41) is 0. The Balaban J connectivity index is 3.35. The van der Waals surface area contributed by atoms with E-state index in [0.717, 1.165) is 5.69 Å². The highest BCUT2D eigenvalue weighted by molar-refractivity contribution is 5.88. The van der Waals surface area contributed by atoms with Crippen LogP contribution in [0.15, 0.2) is 16.9 Å². The minimum Gasteiger partial charge on any atom is -0.465 e. The zero-order valence-corrected chi connectivity index (χ0v) is 7.83. The number of aromatic nitrogens is 1. The van der Waals surface area contributed by atoms with Crippen LogP contribution in [0, 0.1) is 6.92 Å². The topological polar surface area (TPSA) is 48.3 Å². The van der Waals surface area contributed by atoms with Gasteiger partial charge in [-0.3, -0.25) is 4.79 Å². The molecule has 1 heterocycles. The van der Waals surface area contributed by atoms with Crippen molar-refractivity contribution < 1.29 is 9.53 Å². The van der Waals surface area contributed by atoms with Crippen LogP contribution in [0.25, 0.3) is 0 Å². The summed E-state index contributed by atoms with van der Waals surface area (Å²) in [6.07, 6.45) is 0. The minimum absolute atomic E-state index is 0.0654. The standard InChI is InChI=1S/C9H11NO3/c1-6-4-5-7(9(12)13-3)8(11)10(6)2/h4-5H,1-3H3. The number of aryl methyl sites for hydroxylation is 1. The fourth-order valence-corrected chi connectivity index (χ4v) is 0.993. The highest BCUT2D eigenvalue weighted by Gasteiger charge is 2.11. The Labute approximate surface area is 75.8 Å². The van der Waals surface area contributed by atoms with Crippen LogP contribution in [0.4, 0.5) is 0 Å². The lowest BCUT2D eigenvalue weighted by molar-refractivity contribution is 0.0598. The number of pyridine rings is 1. The maximum atomic E-state index is 11.5. The lowest BCUT2D eigenvalue weighted by Crippen LogP contribution is -2.25. The van der Waals surface area contributed by atoms with E-state index < -0.39 is 5.97 Å². The molecule has 0 atom stereocenters. The van der Waals surface area contributed by atoms with Crippen molar-refractivity contribution in [1.82, 2.24) is 4.57 Å². The van der Waals surface area contributed by atoms with E-state index in [1.54, 1.807) is 20.0 Å². The van der Waals surface area contributed by atoms with Gasteiger partial charge in [0, 0.05) is 12.7 Å². The van der Waals surface area contributed by atoms with Crippen molar-refractivity contribution in [2.45, 2.75) is 6.92 Å². The molecule has 0 N–H and O–H groups in total. The summed E-state index contributed by atoms with van der Waals surface area (Å²) in [4.78, 5) is 22.5. The van der Waals surface area contributed by atoms with Crippen LogP contribution in [-0.4, -0.2) is 17.6 Å². The normalized spacial score (nSPS) is 9.77. The van der Waals surface area contributed by atoms with Crippen LogP contribution in [-0.2, 0) is 11.8 Å². The van der Waals surface area contributed by atoms with Crippen molar-refractivity contribution in [1.29, 1.82) is 0 Å². The zero-order chi connectivity index (χ0) is 10.0. The SMILES string of the molecule is COC(=O)c1ccc(C)n(C)c1=O. The van der Waals surface area contributed by atoms with Gasteiger partial charge >= 0.3 is 5.97 Å². The van der Waals surface area contributed by atoms with Gasteiger partial charge < -0.3 is 9.30 Å². The molecule has 1 aromatic heterocycles. The summed E-state index contributed by atoms with van der Waals surface area (Å²) in [5.41, 5.74) is 0.542. The molecule has 0 amide bonds. The van der Waals surface area contributed by atoms with Crippen LogP contribution in [0.3, 0.4) is 0 Å². The molecule has 70 valence electrons. The first kappa shape index (κ1) is 9.51. The molecule has 0 spiro atoms. The number of rotatable bonds is 1. The van der Waals surface area contributed by atoms with Gasteiger partial charge in [0.25, 0.3) is 5.56 Å². The molecule has 4 nitrogen and oxygen atoms in total. The van der Waals surface area contributed by atoms with Crippen molar-refractivity contribution in [2.24, 2.45) is 7.05 Å². The van der Waals surface area contributed by atoms with Crippen molar-refractivity contribution in [3.63, 3.8) is 0 Å². The van der Waals surface area contributed by atoms with Gasteiger partial charge in [-0.15, -0.1) is 0 Å². The third-order valence-corrected chi connectivity index (χ3v) is 1.96. The Kier molecular flexibility index (Phi) is 2.51. The predicted octanol–water partition coefficient (Wildman–Crippen LogP) is 0.480. The first-order chi connectivity index (χ1) is 6.07. The van der Waals surface area contributed by atoms with Gasteiger partial charge in [0.2, 0.25) is 0 Å². The van der Waals surface area contributed by atoms with Gasteiger partial charge in [0.15, 0.2) is 0 Å². The number of hydrogen-bond donors (Lipinski definition) is 0. The molecule has 0 bridgehead atoms. The molecule has 13 heavy (non-hydrogen) atoms. The van der Waals surface area contributed by atoms with Crippen LogP contribution in [0.5, 0.6) is 0 Å². The second kappa shape index (κ2) is 3.43. The molecule has 1 aromatic rings. The van der Waals surface area contributed by atoms with E-state index in [-0.39, 0.29) is 11.1 Å². The third-order valence-electron chi connectivity index (χ3n) is 1.96. The molecule has 0 saturated carbocycles. The average molecular weight is 181 g/mol. The molecule has 0 saturated heterocycles. The number of ether oxygens (including phenoxy) is 1. The molecular formula is C9H11NO3. The van der Waals surface area contributed by atoms with Gasteiger partial charge in [-0.05, 0) is 19.1 Å². The van der Waals surface area contributed by atoms with E-state index in [9.17, 15) is 9.59 Å². The van der Waals surface area contributed by atoms with Crippen molar-refractivity contribution in [2.75, 3.05) is 7.11 Å². The molecule has 4 heteroatoms. The molecule has 0 aliphatic heterocycles. The van der Waals surface area contributed by atoms with Gasteiger partial charge in [0.05, 0.1) is 7.11 Å². The average Bonchev–Trinajstić information content (AvgIpc) is 2.13. The van der Waals surface area contributed by atoms with Crippen molar-refractivity contribution in [3.05, 3.63) is 33.7 Å². The Bertz CT molecular complexity index is 392. The Morgan fingerprint density at radius 2 is 2.08 bits per heavy atom. The van der Waals surface area contributed by atoms with E-state index in [1.807, 2.05) is 0 Å². The van der Waals surface area contributed by atoms with E-state index in [2.05, 4.69) is 4.74 Å². The summed E-state index contributed by atoms with van der Waals surface area (Å²) < 4.78 is 5.87. The van der Waals surface area contributed by atoms with Crippen molar-refractivity contribution >= 4 is 5.97 Å². The largest absolute Gasteiger partial charge is 0.465 e. The lowest BCUT2D eigenvalue weighted by atomic mass is 10.2. The second-order valence-electron chi connectivity index (χ2n) is 2.74. The molecule has 0 fully saturated rings. The molecule has 1 rings (SSSR count). The lowest BCUT2D eigenvalue weighted by Gasteiger charge is -2.04. The van der Waals surface area contributed by atoms with Crippen LogP contribution in [0.2, 0.25) is 0 Å². The molecular weight excluding hydrogens is 170 g/mol. The van der Waals surface area contributed by atoms with Crippen LogP contribution >= 0.6 is 0 Å². The Morgan fingerprint density at radius 1 is 1.46 bits per heavy atom. The number of carbonyl (C=O) groups is 1. The first-order valence-electron chi connectivity index (χ1n) is 3.83. The number of nitrogens with zero attached hydrogens (tertiary/aromatic N) is 1. The van der Waals surface area contributed by atoms with E-state index in [4.69, 9.17) is 0 Å². The molecule has 0 aliphatic rings.